The van der Waals surface area contributed by atoms with Crippen molar-refractivity contribution in [2.45, 2.75) is 36.9 Å². The number of Topliss-reactive ketones (excluding diaryl/α,β-unsaturated/α-hetero) is 1. The molecule has 1 unspecified atom stereocenters. The average Bonchev–Trinajstić information content (AvgIpc) is 2.60. The van der Waals surface area contributed by atoms with Crippen molar-refractivity contribution in [3.63, 3.8) is 0 Å². The maximum absolute atomic E-state index is 11.4. The summed E-state index contributed by atoms with van der Waals surface area (Å²) in [4.78, 5) is 11.8. The fourth-order valence-electron chi connectivity index (χ4n) is 3.23. The normalized spacial score (nSPS) is 26.2. The lowest BCUT2D eigenvalue weighted by Gasteiger charge is -2.36. The minimum absolute atomic E-state index is 0.223. The molecule has 1 aromatic rings. The van der Waals surface area contributed by atoms with E-state index in [9.17, 15) is 4.79 Å². The molecule has 0 bridgehead atoms. The zero-order valence-corrected chi connectivity index (χ0v) is 11.9. The fourth-order valence-corrected chi connectivity index (χ4v) is 4.53. The molecule has 90 valence electrons. The Kier molecular flexibility index (Phi) is 2.83. The van der Waals surface area contributed by atoms with Crippen LogP contribution in [0.3, 0.4) is 0 Å². The average molecular weight is 314 g/mol. The molecule has 0 saturated heterocycles. The van der Waals surface area contributed by atoms with E-state index >= 15 is 0 Å². The maximum atomic E-state index is 11.4. The summed E-state index contributed by atoms with van der Waals surface area (Å²) in [6.45, 7) is 0. The van der Waals surface area contributed by atoms with E-state index in [2.05, 4.69) is 22.0 Å². The molecule has 2 aliphatic carbocycles. The molecule has 2 aliphatic rings. The van der Waals surface area contributed by atoms with Crippen LogP contribution in [0.5, 0.6) is 0 Å². The third-order valence-electron chi connectivity index (χ3n) is 4.30. The van der Waals surface area contributed by atoms with Crippen LogP contribution in [-0.4, -0.2) is 5.78 Å². The molecule has 0 amide bonds. The number of carbonyl (C=O) groups excluding carboxylic acids is 1. The van der Waals surface area contributed by atoms with Gasteiger partial charge in [-0.1, -0.05) is 39.7 Å². The summed E-state index contributed by atoms with van der Waals surface area (Å²) in [6.07, 6.45) is 4.46. The predicted octanol–water partition coefficient (Wildman–Crippen LogP) is 4.46. The van der Waals surface area contributed by atoms with E-state index in [0.29, 0.717) is 10.6 Å². The van der Waals surface area contributed by atoms with Crippen LogP contribution in [0.25, 0.3) is 0 Å². The zero-order valence-electron chi connectivity index (χ0n) is 9.51. The molecule has 0 N–H and O–H groups in total. The molecule has 0 aromatic heterocycles. The van der Waals surface area contributed by atoms with E-state index < -0.39 is 0 Å². The van der Waals surface area contributed by atoms with Crippen LogP contribution >= 0.6 is 27.5 Å². The Labute approximate surface area is 115 Å². The minimum Gasteiger partial charge on any atom is -0.300 e. The molecule has 1 spiro atoms. The standard InChI is InChI=1S/C14H14BrClO/c15-13-10-2-1-3-12(16)11(10)8-14(13)6-4-9(17)5-7-14/h1-3,13H,4-8H2. The van der Waals surface area contributed by atoms with Gasteiger partial charge in [-0.25, -0.2) is 0 Å². The molecule has 1 atom stereocenters. The van der Waals surface area contributed by atoms with E-state index in [1.165, 1.54) is 11.1 Å². The van der Waals surface area contributed by atoms with Gasteiger partial charge in [0.2, 0.25) is 0 Å². The summed E-state index contributed by atoms with van der Waals surface area (Å²) in [5.74, 6) is 0.414. The summed E-state index contributed by atoms with van der Waals surface area (Å²) in [5.41, 5.74) is 2.83. The van der Waals surface area contributed by atoms with Crippen LogP contribution in [0.4, 0.5) is 0 Å². The summed E-state index contributed by atoms with van der Waals surface area (Å²) >= 11 is 10.1. The smallest absolute Gasteiger partial charge is 0.132 e. The highest BCUT2D eigenvalue weighted by Gasteiger charge is 2.47. The lowest BCUT2D eigenvalue weighted by molar-refractivity contribution is -0.122. The first-order chi connectivity index (χ1) is 8.12. The van der Waals surface area contributed by atoms with Gasteiger partial charge >= 0.3 is 0 Å². The second-order valence-electron chi connectivity index (χ2n) is 5.25. The van der Waals surface area contributed by atoms with Crippen LogP contribution in [0, 0.1) is 5.41 Å². The number of rotatable bonds is 0. The molecule has 17 heavy (non-hydrogen) atoms. The molecule has 1 aromatic carbocycles. The lowest BCUT2D eigenvalue weighted by Crippen LogP contribution is -2.29. The molecular weight excluding hydrogens is 300 g/mol. The second-order valence-corrected chi connectivity index (χ2v) is 6.57. The maximum Gasteiger partial charge on any atom is 0.132 e. The van der Waals surface area contributed by atoms with Gasteiger partial charge < -0.3 is 0 Å². The van der Waals surface area contributed by atoms with Crippen molar-refractivity contribution >= 4 is 33.3 Å². The SMILES string of the molecule is O=C1CCC2(CC1)Cc1c(Cl)cccc1C2Br. The molecule has 1 saturated carbocycles. The van der Waals surface area contributed by atoms with Gasteiger partial charge in [0.15, 0.2) is 0 Å². The van der Waals surface area contributed by atoms with E-state index in [4.69, 9.17) is 11.6 Å². The number of hydrogen-bond acceptors (Lipinski definition) is 1. The third-order valence-corrected chi connectivity index (χ3v) is 6.12. The first-order valence-electron chi connectivity index (χ1n) is 6.05. The van der Waals surface area contributed by atoms with E-state index in [1.807, 2.05) is 12.1 Å². The summed E-state index contributed by atoms with van der Waals surface area (Å²) in [6, 6.07) is 6.14. The van der Waals surface area contributed by atoms with Crippen molar-refractivity contribution in [2.24, 2.45) is 5.41 Å². The van der Waals surface area contributed by atoms with Crippen molar-refractivity contribution in [3.8, 4) is 0 Å². The van der Waals surface area contributed by atoms with Gasteiger partial charge in [0.1, 0.15) is 5.78 Å². The third kappa shape index (κ3) is 1.77. The van der Waals surface area contributed by atoms with Gasteiger partial charge in [-0.05, 0) is 41.9 Å². The number of benzene rings is 1. The highest BCUT2D eigenvalue weighted by molar-refractivity contribution is 9.09. The van der Waals surface area contributed by atoms with Gasteiger partial charge in [0.25, 0.3) is 0 Å². The van der Waals surface area contributed by atoms with Gasteiger partial charge in [-0.2, -0.15) is 0 Å². The molecule has 1 fully saturated rings. The highest BCUT2D eigenvalue weighted by atomic mass is 79.9. The molecule has 0 aliphatic heterocycles. The number of alkyl halides is 1. The van der Waals surface area contributed by atoms with Crippen LogP contribution in [0.1, 0.15) is 41.6 Å². The molecule has 0 heterocycles. The largest absolute Gasteiger partial charge is 0.300 e. The van der Waals surface area contributed by atoms with Gasteiger partial charge in [0.05, 0.1) is 0 Å². The molecule has 3 heteroatoms. The number of fused-ring (bicyclic) bond motifs is 1. The first-order valence-corrected chi connectivity index (χ1v) is 7.35. The van der Waals surface area contributed by atoms with Crippen molar-refractivity contribution < 1.29 is 4.79 Å². The minimum atomic E-state index is 0.223. The zero-order chi connectivity index (χ0) is 12.0. The quantitative estimate of drug-likeness (QED) is 0.646. The van der Waals surface area contributed by atoms with E-state index in [1.54, 1.807) is 0 Å². The highest BCUT2D eigenvalue weighted by Crippen LogP contribution is 2.58. The van der Waals surface area contributed by atoms with Gasteiger partial charge in [-0.15, -0.1) is 0 Å². The summed E-state index contributed by atoms with van der Waals surface area (Å²) in [5, 5.41) is 0.876. The van der Waals surface area contributed by atoms with Gasteiger partial charge in [-0.3, -0.25) is 4.79 Å². The Morgan fingerprint density at radius 2 is 2.00 bits per heavy atom. The predicted molar refractivity (Wildman–Crippen MR) is 72.7 cm³/mol. The molecular formula is C14H14BrClO. The molecule has 1 nitrogen and oxygen atoms in total. The summed E-state index contributed by atoms with van der Waals surface area (Å²) < 4.78 is 0. The van der Waals surface area contributed by atoms with Crippen LogP contribution in [0.2, 0.25) is 5.02 Å². The van der Waals surface area contributed by atoms with E-state index in [0.717, 1.165) is 37.1 Å². The van der Waals surface area contributed by atoms with Crippen LogP contribution in [-0.2, 0) is 11.2 Å². The Balaban J connectivity index is 1.98. The Morgan fingerprint density at radius 3 is 2.65 bits per heavy atom. The summed E-state index contributed by atoms with van der Waals surface area (Å²) in [7, 11) is 0. The van der Waals surface area contributed by atoms with Crippen LogP contribution < -0.4 is 0 Å². The molecule has 0 radical (unpaired) electrons. The topological polar surface area (TPSA) is 17.1 Å². The second kappa shape index (κ2) is 4.10. The van der Waals surface area contributed by atoms with Crippen molar-refractivity contribution in [2.75, 3.05) is 0 Å². The Morgan fingerprint density at radius 1 is 1.29 bits per heavy atom. The fraction of sp³-hybridized carbons (Fsp3) is 0.500. The Bertz CT molecular complexity index is 473. The van der Waals surface area contributed by atoms with Gasteiger partial charge in [0, 0.05) is 22.7 Å². The van der Waals surface area contributed by atoms with Crippen LogP contribution in [0.15, 0.2) is 18.2 Å². The van der Waals surface area contributed by atoms with E-state index in [-0.39, 0.29) is 5.41 Å². The number of ketones is 1. The first kappa shape index (κ1) is 11.7. The van der Waals surface area contributed by atoms with Crippen molar-refractivity contribution in [1.82, 2.24) is 0 Å². The lowest BCUT2D eigenvalue weighted by atomic mass is 9.71. The number of carbonyl (C=O) groups is 1. The van der Waals surface area contributed by atoms with Crippen molar-refractivity contribution in [1.29, 1.82) is 0 Å². The number of halogens is 2. The van der Waals surface area contributed by atoms with Crippen molar-refractivity contribution in [3.05, 3.63) is 34.3 Å². The monoisotopic (exact) mass is 312 g/mol. The number of hydrogen-bond donors (Lipinski definition) is 0. The molecule has 3 rings (SSSR count). The Hall–Kier alpha value is -0.340.